The molecule has 1 saturated carbocycles. The van der Waals surface area contributed by atoms with Crippen molar-refractivity contribution in [2.45, 2.75) is 31.7 Å². The lowest BCUT2D eigenvalue weighted by atomic mass is 9.89. The molecule has 1 aliphatic carbocycles. The Labute approximate surface area is 108 Å². The summed E-state index contributed by atoms with van der Waals surface area (Å²) in [6.45, 7) is 1.11. The maximum absolute atomic E-state index is 9.59. The van der Waals surface area contributed by atoms with Crippen LogP contribution in [0.15, 0.2) is 18.2 Å². The van der Waals surface area contributed by atoms with Crippen molar-refractivity contribution in [3.63, 3.8) is 0 Å². The van der Waals surface area contributed by atoms with Crippen LogP contribution in [0.1, 0.15) is 36.4 Å². The number of hydrogen-bond acceptors (Lipinski definition) is 3. The molecule has 2 N–H and O–H groups in total. The van der Waals surface area contributed by atoms with E-state index in [1.807, 2.05) is 7.05 Å². The number of rotatable bonds is 4. The smallest absolute Gasteiger partial charge is 0.122 e. The molecule has 3 heteroatoms. The van der Waals surface area contributed by atoms with Gasteiger partial charge in [0.25, 0.3) is 0 Å². The zero-order chi connectivity index (χ0) is 12.6. The molecule has 0 saturated heterocycles. The summed E-state index contributed by atoms with van der Waals surface area (Å²) in [5.74, 6) is 1.04. The first-order valence-corrected chi connectivity index (χ1v) is 6.83. The Balaban J connectivity index is 1.91. The number of aliphatic hydroxyl groups excluding tert-OH is 1. The molecular weight excluding hydrogens is 226 g/mol. The Morgan fingerprint density at radius 3 is 2.94 bits per heavy atom. The van der Waals surface area contributed by atoms with Crippen molar-refractivity contribution >= 4 is 0 Å². The van der Waals surface area contributed by atoms with Crippen LogP contribution in [0.3, 0.4) is 0 Å². The molecule has 98 valence electrons. The molecule has 1 unspecified atom stereocenters. The molecule has 18 heavy (non-hydrogen) atoms. The maximum Gasteiger partial charge on any atom is 0.122 e. The van der Waals surface area contributed by atoms with Gasteiger partial charge in [-0.1, -0.05) is 12.1 Å². The molecule has 1 fully saturated rings. The fourth-order valence-corrected chi connectivity index (χ4v) is 3.08. The summed E-state index contributed by atoms with van der Waals surface area (Å²) in [5.41, 5.74) is 2.67. The van der Waals surface area contributed by atoms with Gasteiger partial charge in [0.15, 0.2) is 0 Å². The van der Waals surface area contributed by atoms with Gasteiger partial charge < -0.3 is 15.2 Å². The largest absolute Gasteiger partial charge is 0.493 e. The van der Waals surface area contributed by atoms with Crippen LogP contribution < -0.4 is 10.1 Å². The molecule has 0 spiro atoms. The third-order valence-electron chi connectivity index (χ3n) is 4.37. The molecule has 1 atom stereocenters. The average Bonchev–Trinajstić information content (AvgIpc) is 3.20. The van der Waals surface area contributed by atoms with E-state index in [0.29, 0.717) is 0 Å². The highest BCUT2D eigenvalue weighted by Crippen LogP contribution is 2.54. The Morgan fingerprint density at radius 2 is 2.28 bits per heavy atom. The van der Waals surface area contributed by atoms with Crippen LogP contribution in [0.5, 0.6) is 5.75 Å². The summed E-state index contributed by atoms with van der Waals surface area (Å²) in [6, 6.07) is 6.74. The highest BCUT2D eigenvalue weighted by atomic mass is 16.5. The molecule has 1 aliphatic heterocycles. The van der Waals surface area contributed by atoms with Crippen LogP contribution in [0, 0.1) is 5.41 Å². The third kappa shape index (κ3) is 1.91. The zero-order valence-electron chi connectivity index (χ0n) is 10.9. The van der Waals surface area contributed by atoms with Gasteiger partial charge in [0.05, 0.1) is 13.2 Å². The summed E-state index contributed by atoms with van der Waals surface area (Å²) in [6.07, 6.45) is 4.43. The summed E-state index contributed by atoms with van der Waals surface area (Å²) >= 11 is 0. The van der Waals surface area contributed by atoms with Gasteiger partial charge in [-0.25, -0.2) is 0 Å². The summed E-state index contributed by atoms with van der Waals surface area (Å²) in [5, 5.41) is 13.0. The molecule has 3 nitrogen and oxygen atoms in total. The minimum absolute atomic E-state index is 0.0680. The standard InChI is InChI=1S/C15H21NO2/c1-16-14(15(10-17)6-7-15)12-4-5-13-11(9-12)3-2-8-18-13/h4-5,9,14,16-17H,2-3,6-8,10H2,1H3. The lowest BCUT2D eigenvalue weighted by Crippen LogP contribution is -2.29. The monoisotopic (exact) mass is 247 g/mol. The van der Waals surface area contributed by atoms with Gasteiger partial charge in [-0.15, -0.1) is 0 Å². The zero-order valence-corrected chi connectivity index (χ0v) is 10.9. The average molecular weight is 247 g/mol. The first kappa shape index (κ1) is 12.0. The number of aryl methyl sites for hydroxylation is 1. The Hall–Kier alpha value is -1.06. The minimum atomic E-state index is 0.0680. The topological polar surface area (TPSA) is 41.5 Å². The van der Waals surface area contributed by atoms with E-state index in [2.05, 4.69) is 23.5 Å². The van der Waals surface area contributed by atoms with Gasteiger partial charge in [-0.3, -0.25) is 0 Å². The maximum atomic E-state index is 9.59. The van der Waals surface area contributed by atoms with Gasteiger partial charge in [0.2, 0.25) is 0 Å². The van der Waals surface area contributed by atoms with E-state index in [9.17, 15) is 5.11 Å². The van der Waals surface area contributed by atoms with Crippen molar-refractivity contribution in [2.24, 2.45) is 5.41 Å². The van der Waals surface area contributed by atoms with Gasteiger partial charge in [-0.05, 0) is 49.9 Å². The summed E-state index contributed by atoms with van der Waals surface area (Å²) < 4.78 is 5.65. The SMILES string of the molecule is CNC(c1ccc2c(c1)CCCO2)C1(CO)CC1. The van der Waals surface area contributed by atoms with Gasteiger partial charge in [0.1, 0.15) is 5.75 Å². The summed E-state index contributed by atoms with van der Waals surface area (Å²) in [4.78, 5) is 0. The number of benzene rings is 1. The number of hydrogen-bond donors (Lipinski definition) is 2. The van der Waals surface area contributed by atoms with Crippen LogP contribution in [-0.2, 0) is 6.42 Å². The van der Waals surface area contributed by atoms with Crippen molar-refractivity contribution in [2.75, 3.05) is 20.3 Å². The second kappa shape index (κ2) is 4.56. The van der Waals surface area contributed by atoms with Crippen LogP contribution in [0.2, 0.25) is 0 Å². The molecular formula is C15H21NO2. The normalized spacial score (nSPS) is 21.9. The molecule has 0 bridgehead atoms. The Morgan fingerprint density at radius 1 is 1.44 bits per heavy atom. The van der Waals surface area contributed by atoms with Crippen molar-refractivity contribution in [1.82, 2.24) is 5.32 Å². The molecule has 3 rings (SSSR count). The number of nitrogens with one attached hydrogen (secondary N) is 1. The van der Waals surface area contributed by atoms with Crippen LogP contribution in [0.4, 0.5) is 0 Å². The van der Waals surface area contributed by atoms with E-state index in [1.165, 1.54) is 11.1 Å². The lowest BCUT2D eigenvalue weighted by Gasteiger charge is -2.27. The van der Waals surface area contributed by atoms with Crippen LogP contribution >= 0.6 is 0 Å². The van der Waals surface area contributed by atoms with Crippen LogP contribution in [-0.4, -0.2) is 25.4 Å². The molecule has 0 radical (unpaired) electrons. The summed E-state index contributed by atoms with van der Waals surface area (Å²) in [7, 11) is 1.98. The Bertz CT molecular complexity index is 440. The van der Waals surface area contributed by atoms with E-state index in [4.69, 9.17) is 4.74 Å². The molecule has 1 heterocycles. The van der Waals surface area contributed by atoms with Gasteiger partial charge >= 0.3 is 0 Å². The molecule has 0 amide bonds. The van der Waals surface area contributed by atoms with E-state index < -0.39 is 0 Å². The van der Waals surface area contributed by atoms with E-state index >= 15 is 0 Å². The number of ether oxygens (including phenoxy) is 1. The highest BCUT2D eigenvalue weighted by molar-refractivity contribution is 5.40. The van der Waals surface area contributed by atoms with E-state index in [-0.39, 0.29) is 18.1 Å². The molecule has 2 aliphatic rings. The number of fused-ring (bicyclic) bond motifs is 1. The molecule has 1 aromatic rings. The third-order valence-corrected chi connectivity index (χ3v) is 4.37. The van der Waals surface area contributed by atoms with Crippen molar-refractivity contribution in [3.8, 4) is 5.75 Å². The second-order valence-corrected chi connectivity index (χ2v) is 5.56. The fourth-order valence-electron chi connectivity index (χ4n) is 3.08. The van der Waals surface area contributed by atoms with Crippen molar-refractivity contribution < 1.29 is 9.84 Å². The van der Waals surface area contributed by atoms with E-state index in [1.54, 1.807) is 0 Å². The fraction of sp³-hybridized carbons (Fsp3) is 0.600. The van der Waals surface area contributed by atoms with E-state index in [0.717, 1.165) is 38.0 Å². The Kier molecular flexibility index (Phi) is 3.04. The quantitative estimate of drug-likeness (QED) is 0.855. The second-order valence-electron chi connectivity index (χ2n) is 5.56. The minimum Gasteiger partial charge on any atom is -0.493 e. The first-order valence-electron chi connectivity index (χ1n) is 6.83. The predicted octanol–water partition coefficient (Wildman–Crippen LogP) is 2.04. The van der Waals surface area contributed by atoms with Gasteiger partial charge in [0, 0.05) is 11.5 Å². The van der Waals surface area contributed by atoms with Gasteiger partial charge in [-0.2, -0.15) is 0 Å². The lowest BCUT2D eigenvalue weighted by molar-refractivity contribution is 0.175. The van der Waals surface area contributed by atoms with Crippen molar-refractivity contribution in [3.05, 3.63) is 29.3 Å². The number of aliphatic hydroxyl groups is 1. The molecule has 1 aromatic carbocycles. The van der Waals surface area contributed by atoms with Crippen molar-refractivity contribution in [1.29, 1.82) is 0 Å². The first-order chi connectivity index (χ1) is 8.79. The molecule has 0 aromatic heterocycles. The highest BCUT2D eigenvalue weighted by Gasteiger charge is 2.49. The predicted molar refractivity (Wildman–Crippen MR) is 70.8 cm³/mol. The van der Waals surface area contributed by atoms with Crippen LogP contribution in [0.25, 0.3) is 0 Å².